The predicted octanol–water partition coefficient (Wildman–Crippen LogP) is 8.33. The second-order valence-electron chi connectivity index (χ2n) is 18.7. The number of rotatable bonds is 7. The fraction of sp³-hybridized carbons (Fsp3) is 0.182. The number of ether oxygens (including phenoxy) is 9. The lowest BCUT2D eigenvalue weighted by Crippen LogP contribution is -2.40. The number of nitrogens with zero attached hydrogens (tertiary/aromatic N) is 11. The molecule has 15 heterocycles. The van der Waals surface area contributed by atoms with Crippen molar-refractivity contribution in [2.24, 2.45) is 0 Å². The highest BCUT2D eigenvalue weighted by Crippen LogP contribution is 2.59. The minimum Gasteiger partial charge on any atom is -0.486 e. The first-order chi connectivity index (χ1) is 39.5. The molecule has 6 aliphatic heterocycles. The van der Waals surface area contributed by atoms with Crippen molar-refractivity contribution in [2.75, 3.05) is 62.7 Å². The normalized spacial score (nSPS) is 17.7. The van der Waals surface area contributed by atoms with Crippen LogP contribution in [-0.2, 0) is 9.59 Å². The average Bonchev–Trinajstić information content (AvgIpc) is 4.25. The maximum absolute atomic E-state index is 16.1. The number of amides is 2. The van der Waals surface area contributed by atoms with Crippen molar-refractivity contribution in [1.82, 2.24) is 49.5 Å². The summed E-state index contributed by atoms with van der Waals surface area (Å²) >= 11 is 2.42. The van der Waals surface area contributed by atoms with Crippen LogP contribution < -0.4 is 52.4 Å². The Morgan fingerprint density at radius 2 is 1.36 bits per heavy atom. The predicted molar refractivity (Wildman–Crippen MR) is 286 cm³/mol. The minimum atomic E-state index is -1.40. The van der Waals surface area contributed by atoms with Gasteiger partial charge in [0.05, 0.1) is 52.1 Å². The first-order valence-corrected chi connectivity index (χ1v) is 26.9. The monoisotopic (exact) mass is 1100 g/mol. The smallest absolute Gasteiger partial charge is 0.279 e. The first-order valence-electron chi connectivity index (χ1n) is 25.2. The summed E-state index contributed by atoms with van der Waals surface area (Å²) in [6, 6.07) is 19.8. The van der Waals surface area contributed by atoms with E-state index in [1.807, 2.05) is 24.3 Å². The molecule has 1 N–H and O–H groups in total. The number of pyridine rings is 7. The third-order valence-corrected chi connectivity index (χ3v) is 15.9. The van der Waals surface area contributed by atoms with E-state index in [1.165, 1.54) is 29.1 Å². The molecule has 6 aliphatic rings. The number of hydrogen-bond donors (Lipinski definition) is 1. The van der Waals surface area contributed by atoms with Gasteiger partial charge in [-0.15, -0.1) is 5.10 Å². The van der Waals surface area contributed by atoms with E-state index in [1.54, 1.807) is 72.2 Å². The molecular formula is C55H36N12O11S2. The Bertz CT molecular complexity index is 4220. The lowest BCUT2D eigenvalue weighted by molar-refractivity contribution is -0.126. The van der Waals surface area contributed by atoms with Crippen molar-refractivity contribution in [1.29, 1.82) is 0 Å². The number of hydrogen-bond acceptors (Lipinski definition) is 22. The summed E-state index contributed by atoms with van der Waals surface area (Å²) < 4.78 is 60.4. The summed E-state index contributed by atoms with van der Waals surface area (Å²) in [4.78, 5) is 73.0. The van der Waals surface area contributed by atoms with Gasteiger partial charge >= 0.3 is 0 Å². The molecule has 16 rings (SSSR count). The molecule has 0 fully saturated rings. The van der Waals surface area contributed by atoms with Crippen LogP contribution in [0.15, 0.2) is 109 Å². The lowest BCUT2D eigenvalue weighted by atomic mass is 9.93. The number of thioether (sulfide) groups is 1. The second-order valence-corrected chi connectivity index (χ2v) is 20.5. The Morgan fingerprint density at radius 1 is 0.588 bits per heavy atom. The summed E-state index contributed by atoms with van der Waals surface area (Å²) in [5, 5.41) is 4.75. The van der Waals surface area contributed by atoms with Gasteiger partial charge in [-0.2, -0.15) is 0 Å². The second kappa shape index (κ2) is 18.4. The first kappa shape index (κ1) is 46.2. The summed E-state index contributed by atoms with van der Waals surface area (Å²) in [6.45, 7) is 2.06. The topological polar surface area (TPSA) is 255 Å². The van der Waals surface area contributed by atoms with Crippen molar-refractivity contribution in [3.63, 3.8) is 0 Å². The van der Waals surface area contributed by atoms with Gasteiger partial charge in [0, 0.05) is 70.5 Å². The molecule has 2 atom stereocenters. The van der Waals surface area contributed by atoms with E-state index < -0.39 is 23.2 Å². The fourth-order valence-electron chi connectivity index (χ4n) is 10.6. The Hall–Kier alpha value is -9.88. The van der Waals surface area contributed by atoms with Gasteiger partial charge in [-0.05, 0) is 60.2 Å². The highest BCUT2D eigenvalue weighted by atomic mass is 32.2. The number of carbonyl (C=O) groups is 2. The molecule has 10 aromatic rings. The van der Waals surface area contributed by atoms with Crippen LogP contribution in [0.3, 0.4) is 0 Å². The maximum Gasteiger partial charge on any atom is 0.279 e. The van der Waals surface area contributed by atoms with Gasteiger partial charge in [0.2, 0.25) is 17.9 Å². The fourth-order valence-corrected chi connectivity index (χ4v) is 12.2. The number of carbonyl (C=O) groups excluding carboxylic acids is 2. The molecular weight excluding hydrogens is 1070 g/mol. The van der Waals surface area contributed by atoms with Crippen LogP contribution in [0, 0.1) is 0 Å². The van der Waals surface area contributed by atoms with Crippen LogP contribution >= 0.6 is 23.3 Å². The van der Waals surface area contributed by atoms with E-state index in [0.717, 1.165) is 16.9 Å². The molecule has 0 spiro atoms. The highest BCUT2D eigenvalue weighted by Gasteiger charge is 2.46. The number of aromatic amines is 1. The zero-order valence-corrected chi connectivity index (χ0v) is 43.0. The zero-order valence-electron chi connectivity index (χ0n) is 41.4. The number of benzene rings is 1. The standard InChI is InChI=1S/C55H36N12O11S2/c68-54-45(33-21-39-40(25-58-33)73-12-11-72-39)78-49-43(66(54)28-5-6-37-38(19-28)71-10-9-70-37)42(36(24-60-49)67-35-4-2-8-57-53(35)79-47(55(67)69)27-18-34-52(61-22-27)80-65-64-34)30-23-59-50-46(75-14-15-76-50)41(30)32-20-29(44-51(63-32)77-16-13-74-44)31-17-26-3-1-7-56-48(26)62-31/h1-8,17-25,45,47H,9-16H2,(H,56,62). The van der Waals surface area contributed by atoms with Crippen LogP contribution in [0.25, 0.3) is 55.0 Å². The molecule has 25 heteroatoms. The van der Waals surface area contributed by atoms with Crippen molar-refractivity contribution in [3.05, 3.63) is 115 Å². The van der Waals surface area contributed by atoms with Gasteiger partial charge in [0.15, 0.2) is 39.3 Å². The van der Waals surface area contributed by atoms with Gasteiger partial charge < -0.3 is 47.6 Å². The van der Waals surface area contributed by atoms with Gasteiger partial charge in [-0.3, -0.25) is 24.4 Å². The molecule has 0 bridgehead atoms. The minimum absolute atomic E-state index is 0.0188. The third-order valence-electron chi connectivity index (χ3n) is 14.0. The number of H-pyrrole nitrogens is 1. The third kappa shape index (κ3) is 7.44. The highest BCUT2D eigenvalue weighted by molar-refractivity contribution is 8.00. The number of nitrogens with one attached hydrogen (secondary N) is 1. The number of aromatic nitrogens is 10. The maximum atomic E-state index is 16.1. The van der Waals surface area contributed by atoms with Gasteiger partial charge in [0.25, 0.3) is 17.7 Å². The Balaban J connectivity index is 0.990. The zero-order chi connectivity index (χ0) is 53.0. The van der Waals surface area contributed by atoms with E-state index in [-0.39, 0.29) is 79.1 Å². The summed E-state index contributed by atoms with van der Waals surface area (Å²) in [6.07, 6.45) is 8.27. The van der Waals surface area contributed by atoms with Crippen molar-refractivity contribution in [2.45, 2.75) is 16.4 Å². The van der Waals surface area contributed by atoms with Gasteiger partial charge in [-0.25, -0.2) is 29.9 Å². The summed E-state index contributed by atoms with van der Waals surface area (Å²) in [7, 11) is 0. The molecule has 0 saturated heterocycles. The van der Waals surface area contributed by atoms with Crippen LogP contribution in [-0.4, -0.2) is 114 Å². The van der Waals surface area contributed by atoms with Crippen molar-refractivity contribution in [3.8, 4) is 85.8 Å². The largest absolute Gasteiger partial charge is 0.486 e. The Labute approximate surface area is 458 Å². The summed E-state index contributed by atoms with van der Waals surface area (Å²) in [5.41, 5.74) is 5.55. The summed E-state index contributed by atoms with van der Waals surface area (Å²) in [5.74, 6) is 1.70. The van der Waals surface area contributed by atoms with Crippen LogP contribution in [0.1, 0.15) is 22.6 Å². The quantitative estimate of drug-likeness (QED) is 0.157. The molecule has 0 aliphatic carbocycles. The molecule has 2 unspecified atom stereocenters. The van der Waals surface area contributed by atoms with Crippen molar-refractivity contribution >= 4 is 79.2 Å². The molecule has 9 aromatic heterocycles. The van der Waals surface area contributed by atoms with Gasteiger partial charge in [0.1, 0.15) is 80.0 Å². The molecule has 394 valence electrons. The molecule has 0 saturated carbocycles. The van der Waals surface area contributed by atoms with E-state index in [0.29, 0.717) is 115 Å². The molecule has 80 heavy (non-hydrogen) atoms. The Morgan fingerprint density at radius 3 is 2.25 bits per heavy atom. The van der Waals surface area contributed by atoms with Crippen molar-refractivity contribution < 1.29 is 52.2 Å². The van der Waals surface area contributed by atoms with Crippen LogP contribution in [0.4, 0.5) is 22.7 Å². The van der Waals surface area contributed by atoms with E-state index in [9.17, 15) is 0 Å². The van der Waals surface area contributed by atoms with Gasteiger partial charge in [-0.1, -0.05) is 16.3 Å². The number of anilines is 4. The number of fused-ring (bicyclic) bond motifs is 8. The molecule has 1 aromatic carbocycles. The average molecular weight is 1110 g/mol. The van der Waals surface area contributed by atoms with Crippen LogP contribution in [0.2, 0.25) is 0 Å². The van der Waals surface area contributed by atoms with E-state index >= 15 is 9.59 Å². The SMILES string of the molecule is O=C1C(c2cnc3snnc3c2)Sc2ncccc2N1c1cnc2c(c1-c1cnc3c(c1-c1cc(-c4cc5cccnc5[nH]4)c4c(n1)OCCO4)OCCO3)N(c1ccc3c(c1)OCCO3)C(=O)C(c1cc3c(cn1)OCCO3)O2. The lowest BCUT2D eigenvalue weighted by Gasteiger charge is -2.39. The Kier molecular flexibility index (Phi) is 10.6. The van der Waals surface area contributed by atoms with E-state index in [4.69, 9.17) is 62.6 Å². The van der Waals surface area contributed by atoms with E-state index in [2.05, 4.69) is 29.5 Å². The van der Waals surface area contributed by atoms with Crippen LogP contribution in [0.5, 0.6) is 52.1 Å². The molecule has 23 nitrogen and oxygen atoms in total. The molecule has 2 amide bonds. The molecule has 0 radical (unpaired) electrons.